The predicted octanol–water partition coefficient (Wildman–Crippen LogP) is 7.87. The number of ketones is 1. The van der Waals surface area contributed by atoms with E-state index in [1.807, 2.05) is 62.7 Å². The average molecular weight is 1160 g/mol. The number of thiazole rings is 1. The first-order valence-corrected chi connectivity index (χ1v) is 29.8. The molecule has 2 unspecified atom stereocenters. The number of aliphatic hydroxyl groups is 1. The molecule has 3 aromatic carbocycles. The van der Waals surface area contributed by atoms with Gasteiger partial charge in [-0.3, -0.25) is 18.6 Å². The van der Waals surface area contributed by atoms with E-state index in [0.29, 0.717) is 51.3 Å². The lowest BCUT2D eigenvalue weighted by Crippen LogP contribution is -2.50. The fourth-order valence-corrected chi connectivity index (χ4v) is 13.5. The van der Waals surface area contributed by atoms with Crippen LogP contribution < -0.4 is 14.6 Å². The van der Waals surface area contributed by atoms with Gasteiger partial charge in [0.15, 0.2) is 5.82 Å². The number of carbonyl (C=O) groups is 3. The number of H-pyrrole nitrogens is 1. The molecular formula is C59H65F3N11O7S2-. The van der Waals surface area contributed by atoms with Crippen molar-refractivity contribution in [1.82, 2.24) is 45.1 Å². The Morgan fingerprint density at radius 1 is 0.915 bits per heavy atom. The summed E-state index contributed by atoms with van der Waals surface area (Å²) in [5, 5.41) is 19.5. The summed E-state index contributed by atoms with van der Waals surface area (Å²) in [5.74, 6) is -3.82. The maximum Gasteiger partial charge on any atom is 0.243 e. The van der Waals surface area contributed by atoms with Crippen molar-refractivity contribution in [3.8, 4) is 21.6 Å². The van der Waals surface area contributed by atoms with Crippen molar-refractivity contribution >= 4 is 62.6 Å². The average Bonchev–Trinajstić information content (AvgIpc) is 4.38. The van der Waals surface area contributed by atoms with Crippen molar-refractivity contribution in [1.29, 1.82) is 0 Å². The van der Waals surface area contributed by atoms with E-state index in [-0.39, 0.29) is 55.9 Å². The molecule has 23 heteroatoms. The molecule has 6 atom stereocenters. The molecule has 11 rings (SSSR count). The molecule has 4 aliphatic rings. The number of nitrogens with zero attached hydrogens (tertiary/aromatic N) is 9. The van der Waals surface area contributed by atoms with Crippen molar-refractivity contribution in [2.24, 2.45) is 5.92 Å². The van der Waals surface area contributed by atoms with Crippen LogP contribution in [0.25, 0.3) is 32.6 Å². The number of benzene rings is 3. The number of carbonyl (C=O) groups excluding carboxylic acids is 3. The van der Waals surface area contributed by atoms with E-state index in [2.05, 4.69) is 52.3 Å². The lowest BCUT2D eigenvalue weighted by atomic mass is 9.95. The number of β-amino-alcohol motifs (C(OH)–C–C–N with tert-alkyl or cyclic N) is 1. The third kappa shape index (κ3) is 12.1. The predicted molar refractivity (Wildman–Crippen MR) is 305 cm³/mol. The number of aliphatic hydroxyl groups excluding tert-OH is 1. The molecule has 4 saturated heterocycles. The van der Waals surface area contributed by atoms with Crippen LogP contribution >= 0.6 is 11.3 Å². The van der Waals surface area contributed by atoms with Crippen molar-refractivity contribution in [3.05, 3.63) is 136 Å². The number of halogens is 3. The highest BCUT2D eigenvalue weighted by Crippen LogP contribution is 2.36. The molecule has 0 aliphatic carbocycles. The van der Waals surface area contributed by atoms with E-state index in [1.165, 1.54) is 11.1 Å². The molecule has 432 valence electrons. The molecule has 0 spiro atoms. The van der Waals surface area contributed by atoms with Gasteiger partial charge in [0.05, 0.1) is 57.3 Å². The second-order valence-corrected chi connectivity index (χ2v) is 23.7. The third-order valence-electron chi connectivity index (χ3n) is 16.6. The van der Waals surface area contributed by atoms with Crippen molar-refractivity contribution in [3.63, 3.8) is 0 Å². The van der Waals surface area contributed by atoms with Crippen LogP contribution in [0.1, 0.15) is 89.6 Å². The Labute approximate surface area is 479 Å². The number of hydrogen-bond donors (Lipinski definition) is 3. The Morgan fingerprint density at radius 2 is 1.65 bits per heavy atom. The quantitative estimate of drug-likeness (QED) is 0.0552. The summed E-state index contributed by atoms with van der Waals surface area (Å²) in [6.45, 7) is 12.4. The van der Waals surface area contributed by atoms with Gasteiger partial charge in [0.1, 0.15) is 41.0 Å². The fourth-order valence-electron chi connectivity index (χ4n) is 12.0. The number of aromatic nitrogens is 4. The van der Waals surface area contributed by atoms with Gasteiger partial charge >= 0.3 is 0 Å². The number of aryl methyl sites for hydroxylation is 2. The lowest BCUT2D eigenvalue weighted by molar-refractivity contribution is -0.140. The van der Waals surface area contributed by atoms with E-state index < -0.39 is 64.2 Å². The molecule has 0 bridgehead atoms. The first kappa shape index (κ1) is 57.0. The van der Waals surface area contributed by atoms with Gasteiger partial charge in [-0.05, 0) is 106 Å². The number of anilines is 2. The first-order chi connectivity index (χ1) is 39.6. The molecule has 3 N–H and O–H groups in total. The van der Waals surface area contributed by atoms with Crippen LogP contribution in [0.5, 0.6) is 0 Å². The summed E-state index contributed by atoms with van der Waals surface area (Å²) in [7, 11) is 0. The zero-order valence-corrected chi connectivity index (χ0v) is 47.4. The van der Waals surface area contributed by atoms with Gasteiger partial charge in [-0.25, -0.2) is 32.6 Å². The van der Waals surface area contributed by atoms with E-state index in [0.717, 1.165) is 109 Å². The Hall–Kier alpha value is -6.86. The molecular weight excluding hydrogens is 1100 g/mol. The molecule has 4 fully saturated rings. The van der Waals surface area contributed by atoms with Crippen LogP contribution in [0, 0.1) is 31.4 Å². The van der Waals surface area contributed by atoms with Gasteiger partial charge in [0.25, 0.3) is 0 Å². The molecule has 4 aromatic heterocycles. The fraction of sp³-hybridized carbons (Fsp3) is 0.424. The highest BCUT2D eigenvalue weighted by molar-refractivity contribution is 7.80. The minimum absolute atomic E-state index is 0.00992. The Morgan fingerprint density at radius 3 is 2.32 bits per heavy atom. The summed E-state index contributed by atoms with van der Waals surface area (Å²) in [6, 6.07) is 20.2. The molecule has 8 heterocycles. The number of nitrogens with one attached hydrogen (secondary N) is 2. The molecule has 82 heavy (non-hydrogen) atoms. The van der Waals surface area contributed by atoms with Crippen LogP contribution in [0.3, 0.4) is 0 Å². The molecule has 0 saturated carbocycles. The van der Waals surface area contributed by atoms with E-state index in [9.17, 15) is 32.6 Å². The zero-order chi connectivity index (χ0) is 57.3. The van der Waals surface area contributed by atoms with Crippen LogP contribution in [-0.4, -0.2) is 162 Å². The third-order valence-corrected chi connectivity index (χ3v) is 18.3. The minimum atomic E-state index is -3.08. The summed E-state index contributed by atoms with van der Waals surface area (Å²) >= 11 is -1.50. The van der Waals surface area contributed by atoms with Gasteiger partial charge in [-0.1, -0.05) is 41.6 Å². The van der Waals surface area contributed by atoms with Crippen molar-refractivity contribution in [2.45, 2.75) is 83.2 Å². The number of alkyl halides is 1. The van der Waals surface area contributed by atoms with Gasteiger partial charge in [-0.15, -0.1) is 11.3 Å². The first-order valence-electron chi connectivity index (χ1n) is 27.9. The normalized spacial score (nSPS) is 20.6. The number of aromatic amines is 1. The van der Waals surface area contributed by atoms with Gasteiger partial charge < -0.3 is 44.1 Å². The van der Waals surface area contributed by atoms with Crippen molar-refractivity contribution in [2.75, 3.05) is 81.3 Å². The molecule has 18 nitrogen and oxygen atoms in total. The second kappa shape index (κ2) is 24.5. The number of piperazine rings is 1. The standard InChI is InChI=1S/C59H66F3N11O7S2/c1-35-26-52(80-67-35)46(59(77)72-33-45(74)28-51(72)58(76)66-36(2)39-4-6-41(7-5-39)56-37(3)65-34-81-56)17-18-68-22-24-69(25-23-68)31-38-14-19-70(20-15-38)44-10-8-40(9-11-44)42-27-47-48(30-64-57(47)63-29-42)55(75)53-49(61)12-13-50(54(53)62)73(82(78)79)71-21-16-43(60)32-71/h4-13,26-27,29-30,34,36,38,43,45-46,51,74H,14-25,28,31-33H2,1-3H3,(H,63,64)(H,66,76)(H,78,79)/p-1/t36-,43+,45+,46?,51-/m0/s1. The van der Waals surface area contributed by atoms with E-state index in [1.54, 1.807) is 29.7 Å². The molecule has 2 amide bonds. The SMILES string of the molecule is Cc1cc(C(CCN2CCN(CC3CCN(c4ccc(-c5cnc6[nH]cc(C(=O)c7c(F)ccc(N(N8CC[C@@H](F)C8)S(=O)[O-])c7F)c6c5)cc4)CC3)CC2)C(=O)N2C[C@H](O)C[C@H]2C(=O)N[C@@H](C)c2ccc(-c3scnc3C)cc2)on1. The monoisotopic (exact) mass is 1160 g/mol. The number of fused-ring (bicyclic) bond motifs is 1. The number of rotatable bonds is 18. The van der Waals surface area contributed by atoms with Gasteiger partial charge in [0, 0.05) is 106 Å². The highest BCUT2D eigenvalue weighted by atomic mass is 32.2. The van der Waals surface area contributed by atoms with E-state index in [4.69, 9.17) is 4.52 Å². The smallest absolute Gasteiger partial charge is 0.243 e. The molecule has 4 aliphatic heterocycles. The largest absolute Gasteiger partial charge is 0.754 e. The summed E-state index contributed by atoms with van der Waals surface area (Å²) < 4.78 is 76.2. The van der Waals surface area contributed by atoms with Crippen LogP contribution in [0.15, 0.2) is 95.2 Å². The second-order valence-electron chi connectivity index (χ2n) is 22.0. The van der Waals surface area contributed by atoms with E-state index >= 15 is 8.78 Å². The van der Waals surface area contributed by atoms with Crippen molar-refractivity contribution < 1.29 is 45.9 Å². The number of piperidine rings is 1. The molecule has 0 radical (unpaired) electrons. The highest BCUT2D eigenvalue weighted by Gasteiger charge is 2.43. The molecule has 7 aromatic rings. The summed E-state index contributed by atoms with van der Waals surface area (Å²) in [6.07, 6.45) is 3.53. The Kier molecular flexibility index (Phi) is 17.0. The number of amides is 2. The maximum atomic E-state index is 16.1. The maximum absolute atomic E-state index is 16.1. The van der Waals surface area contributed by atoms with Crippen LogP contribution in [-0.2, 0) is 20.9 Å². The lowest BCUT2D eigenvalue weighted by Gasteiger charge is -2.39. The minimum Gasteiger partial charge on any atom is -0.754 e. The number of pyridine rings is 1. The number of hydrogen-bond acceptors (Lipinski definition) is 15. The van der Waals surface area contributed by atoms with Crippen LogP contribution in [0.4, 0.5) is 24.5 Å². The Bertz CT molecular complexity index is 3460. The topological polar surface area (TPSA) is 211 Å². The van der Waals surface area contributed by atoms with Gasteiger partial charge in [-0.2, -0.15) is 0 Å². The zero-order valence-electron chi connectivity index (χ0n) is 45.8. The summed E-state index contributed by atoms with van der Waals surface area (Å²) in [4.78, 5) is 64.0. The van der Waals surface area contributed by atoms with Crippen LogP contribution in [0.2, 0.25) is 0 Å². The number of likely N-dealkylation sites (tertiary alicyclic amines) is 1. The Balaban J connectivity index is 0.660. The number of hydrazine groups is 1. The van der Waals surface area contributed by atoms with Gasteiger partial charge in [0.2, 0.25) is 17.6 Å². The summed E-state index contributed by atoms with van der Waals surface area (Å²) in [5.41, 5.74) is 6.74.